The first kappa shape index (κ1) is 22.4. The number of nitrogen functional groups attached to an aromatic ring is 1. The number of benzene rings is 2. The molecule has 3 N–H and O–H groups in total. The van der Waals surface area contributed by atoms with Crippen molar-refractivity contribution in [3.63, 3.8) is 0 Å². The van der Waals surface area contributed by atoms with Crippen LogP contribution < -0.4 is 22.5 Å². The van der Waals surface area contributed by atoms with Gasteiger partial charge in [0, 0.05) is 6.04 Å². The Balaban J connectivity index is 1.56. The first-order chi connectivity index (χ1) is 16.9. The third kappa shape index (κ3) is 4.04. The second kappa shape index (κ2) is 8.73. The topological polar surface area (TPSA) is 157 Å². The molecule has 10 nitrogen and oxygen atoms in total. The van der Waals surface area contributed by atoms with Crippen molar-refractivity contribution in [3.05, 3.63) is 90.8 Å². The number of para-hydroxylation sites is 1. The van der Waals surface area contributed by atoms with Gasteiger partial charge < -0.3 is 5.73 Å². The number of nitrogens with two attached hydrogens (primary N) is 1. The van der Waals surface area contributed by atoms with Gasteiger partial charge in [-0.3, -0.25) is 28.5 Å². The highest BCUT2D eigenvalue weighted by molar-refractivity contribution is 7.99. The van der Waals surface area contributed by atoms with E-state index in [9.17, 15) is 19.2 Å². The standard InChI is InChI=1S/C24H18N6O4S/c25-11-13-5-7-15(8-6-13)30-22(33)16-3-1-2-4-17(16)27-24(30)35-12-18(31)19-20(26)29(14-9-10-14)23(34)28-21(19)32/h1-8,14H,9-10,12,26H2,(H,28,32,34). The molecule has 2 heterocycles. The minimum atomic E-state index is -0.842. The summed E-state index contributed by atoms with van der Waals surface area (Å²) in [6, 6.07) is 15.2. The Labute approximate surface area is 201 Å². The number of nitrogens with one attached hydrogen (secondary N) is 1. The zero-order chi connectivity index (χ0) is 24.7. The van der Waals surface area contributed by atoms with Crippen molar-refractivity contribution in [2.45, 2.75) is 24.0 Å². The van der Waals surface area contributed by atoms with Crippen LogP contribution in [0, 0.1) is 11.3 Å². The van der Waals surface area contributed by atoms with Crippen molar-refractivity contribution in [3.8, 4) is 11.8 Å². The van der Waals surface area contributed by atoms with Crippen LogP contribution in [0.2, 0.25) is 0 Å². The molecule has 11 heteroatoms. The van der Waals surface area contributed by atoms with E-state index in [0.29, 0.717) is 22.2 Å². The van der Waals surface area contributed by atoms with Crippen LogP contribution in [0.25, 0.3) is 16.6 Å². The van der Waals surface area contributed by atoms with Crippen LogP contribution in [-0.2, 0) is 0 Å². The molecule has 1 aliphatic rings. The van der Waals surface area contributed by atoms with E-state index in [0.717, 1.165) is 24.6 Å². The molecule has 2 aromatic heterocycles. The molecule has 0 aliphatic heterocycles. The number of carbonyl (C=O) groups is 1. The van der Waals surface area contributed by atoms with Gasteiger partial charge in [0.15, 0.2) is 10.9 Å². The van der Waals surface area contributed by atoms with Gasteiger partial charge in [-0.05, 0) is 49.2 Å². The van der Waals surface area contributed by atoms with Gasteiger partial charge in [-0.25, -0.2) is 9.78 Å². The highest BCUT2D eigenvalue weighted by Gasteiger charge is 2.30. The Morgan fingerprint density at radius 3 is 2.54 bits per heavy atom. The molecule has 0 amide bonds. The Morgan fingerprint density at radius 2 is 1.86 bits per heavy atom. The lowest BCUT2D eigenvalue weighted by atomic mass is 10.2. The zero-order valence-corrected chi connectivity index (χ0v) is 19.0. The number of nitriles is 1. The van der Waals surface area contributed by atoms with Crippen molar-refractivity contribution in [2.24, 2.45) is 0 Å². The molecule has 2 aromatic carbocycles. The largest absolute Gasteiger partial charge is 0.384 e. The molecule has 0 radical (unpaired) electrons. The van der Waals surface area contributed by atoms with E-state index in [1.807, 2.05) is 6.07 Å². The number of aromatic amines is 1. The molecule has 0 spiro atoms. The number of hydrogen-bond donors (Lipinski definition) is 2. The van der Waals surface area contributed by atoms with Crippen LogP contribution in [-0.4, -0.2) is 30.6 Å². The van der Waals surface area contributed by atoms with E-state index in [-0.39, 0.29) is 33.9 Å². The number of Topliss-reactive ketones (excluding diaryl/α,β-unsaturated/α-hetero) is 1. The third-order valence-electron chi connectivity index (χ3n) is 5.70. The predicted molar refractivity (Wildman–Crippen MR) is 131 cm³/mol. The quantitative estimate of drug-likeness (QED) is 0.238. The molecular formula is C24H18N6O4S. The summed E-state index contributed by atoms with van der Waals surface area (Å²) in [4.78, 5) is 57.7. The van der Waals surface area contributed by atoms with Crippen LogP contribution in [0.4, 0.5) is 5.82 Å². The SMILES string of the molecule is N#Cc1ccc(-n2c(SCC(=O)c3c(N)n(C4CC4)c(=O)[nH]c3=O)nc3ccccc3c2=O)cc1. The number of hydrogen-bond acceptors (Lipinski definition) is 8. The first-order valence-corrected chi connectivity index (χ1v) is 11.7. The molecule has 5 rings (SSSR count). The molecule has 0 saturated heterocycles. The average molecular weight is 487 g/mol. The van der Waals surface area contributed by atoms with E-state index in [2.05, 4.69) is 9.97 Å². The van der Waals surface area contributed by atoms with Crippen molar-refractivity contribution in [1.82, 2.24) is 19.1 Å². The van der Waals surface area contributed by atoms with E-state index in [1.165, 1.54) is 9.13 Å². The summed E-state index contributed by atoms with van der Waals surface area (Å²) >= 11 is 0.977. The lowest BCUT2D eigenvalue weighted by Crippen LogP contribution is -2.36. The van der Waals surface area contributed by atoms with E-state index in [4.69, 9.17) is 11.0 Å². The van der Waals surface area contributed by atoms with Crippen molar-refractivity contribution < 1.29 is 4.79 Å². The van der Waals surface area contributed by atoms with Gasteiger partial charge in [-0.1, -0.05) is 23.9 Å². The Hall–Kier alpha value is -4.43. The number of ketones is 1. The molecule has 174 valence electrons. The summed E-state index contributed by atoms with van der Waals surface area (Å²) in [7, 11) is 0. The summed E-state index contributed by atoms with van der Waals surface area (Å²) in [5, 5.41) is 9.72. The summed E-state index contributed by atoms with van der Waals surface area (Å²) in [6.45, 7) is 0. The normalized spacial score (nSPS) is 13.0. The minimum absolute atomic E-state index is 0.123. The van der Waals surface area contributed by atoms with Gasteiger partial charge in [-0.2, -0.15) is 5.26 Å². The summed E-state index contributed by atoms with van der Waals surface area (Å²) < 4.78 is 2.61. The molecule has 1 aliphatic carbocycles. The molecule has 4 aromatic rings. The van der Waals surface area contributed by atoms with Gasteiger partial charge in [0.05, 0.1) is 34.0 Å². The van der Waals surface area contributed by atoms with Crippen LogP contribution in [0.15, 0.2) is 68.1 Å². The fraction of sp³-hybridized carbons (Fsp3) is 0.167. The second-order valence-electron chi connectivity index (χ2n) is 8.04. The highest BCUT2D eigenvalue weighted by Crippen LogP contribution is 2.35. The smallest absolute Gasteiger partial charge is 0.330 e. The number of anilines is 1. The highest BCUT2D eigenvalue weighted by atomic mass is 32.2. The van der Waals surface area contributed by atoms with Gasteiger partial charge >= 0.3 is 5.69 Å². The molecule has 0 atom stereocenters. The number of thioether (sulfide) groups is 1. The van der Waals surface area contributed by atoms with E-state index < -0.39 is 17.0 Å². The van der Waals surface area contributed by atoms with Crippen molar-refractivity contribution in [1.29, 1.82) is 5.26 Å². The maximum absolute atomic E-state index is 13.3. The minimum Gasteiger partial charge on any atom is -0.384 e. The van der Waals surface area contributed by atoms with Crippen molar-refractivity contribution in [2.75, 3.05) is 11.5 Å². The molecule has 1 saturated carbocycles. The van der Waals surface area contributed by atoms with Gasteiger partial charge in [-0.15, -0.1) is 0 Å². The van der Waals surface area contributed by atoms with Gasteiger partial charge in [0.2, 0.25) is 0 Å². The summed E-state index contributed by atoms with van der Waals surface area (Å²) in [5.74, 6) is -0.975. The van der Waals surface area contributed by atoms with Crippen LogP contribution >= 0.6 is 11.8 Å². The maximum atomic E-state index is 13.3. The van der Waals surface area contributed by atoms with E-state index >= 15 is 0 Å². The Morgan fingerprint density at radius 1 is 1.14 bits per heavy atom. The molecule has 35 heavy (non-hydrogen) atoms. The Kier molecular flexibility index (Phi) is 5.58. The third-order valence-corrected chi connectivity index (χ3v) is 6.64. The number of rotatable bonds is 6. The first-order valence-electron chi connectivity index (χ1n) is 10.7. The fourth-order valence-electron chi connectivity index (χ4n) is 3.85. The van der Waals surface area contributed by atoms with Crippen LogP contribution in [0.3, 0.4) is 0 Å². The van der Waals surface area contributed by atoms with Crippen LogP contribution in [0.5, 0.6) is 0 Å². The van der Waals surface area contributed by atoms with Crippen LogP contribution in [0.1, 0.15) is 34.8 Å². The number of H-pyrrole nitrogens is 1. The summed E-state index contributed by atoms with van der Waals surface area (Å²) in [6.07, 6.45) is 1.49. The fourth-order valence-corrected chi connectivity index (χ4v) is 4.74. The molecule has 1 fully saturated rings. The average Bonchev–Trinajstić information content (AvgIpc) is 3.68. The molecule has 0 unspecified atom stereocenters. The monoisotopic (exact) mass is 486 g/mol. The van der Waals surface area contributed by atoms with Crippen molar-refractivity contribution >= 4 is 34.3 Å². The Bertz CT molecular complexity index is 1710. The maximum Gasteiger partial charge on any atom is 0.330 e. The zero-order valence-electron chi connectivity index (χ0n) is 18.2. The molecular weight excluding hydrogens is 468 g/mol. The number of fused-ring (bicyclic) bond motifs is 1. The lowest BCUT2D eigenvalue weighted by Gasteiger charge is -2.14. The predicted octanol–water partition coefficient (Wildman–Crippen LogP) is 2.00. The lowest BCUT2D eigenvalue weighted by molar-refractivity contribution is 0.102. The summed E-state index contributed by atoms with van der Waals surface area (Å²) in [5.41, 5.74) is 5.32. The van der Waals surface area contributed by atoms with Gasteiger partial charge in [0.1, 0.15) is 11.4 Å². The second-order valence-corrected chi connectivity index (χ2v) is 8.99. The van der Waals surface area contributed by atoms with E-state index in [1.54, 1.807) is 48.5 Å². The number of nitrogens with zero attached hydrogens (tertiary/aromatic N) is 4. The number of aromatic nitrogens is 4. The number of carbonyl (C=O) groups excluding carboxylic acids is 1. The van der Waals surface area contributed by atoms with Gasteiger partial charge in [0.25, 0.3) is 11.1 Å². The molecule has 0 bridgehead atoms.